The van der Waals surface area contributed by atoms with E-state index in [-0.39, 0.29) is 18.8 Å². The second-order valence-electron chi connectivity index (χ2n) is 7.07. The summed E-state index contributed by atoms with van der Waals surface area (Å²) < 4.78 is 14.6. The molecule has 0 heterocycles. The van der Waals surface area contributed by atoms with Crippen LogP contribution in [-0.4, -0.2) is 22.5 Å². The van der Waals surface area contributed by atoms with E-state index in [1.54, 1.807) is 30.8 Å². The predicted octanol–water partition coefficient (Wildman–Crippen LogP) is 6.42. The van der Waals surface area contributed by atoms with Crippen LogP contribution in [-0.2, 0) is 17.9 Å². The molecular formula is C24H23ClFNO2S. The van der Waals surface area contributed by atoms with Crippen molar-refractivity contribution in [2.24, 2.45) is 0 Å². The van der Waals surface area contributed by atoms with Gasteiger partial charge in [-0.25, -0.2) is 4.39 Å². The molecule has 30 heavy (non-hydrogen) atoms. The van der Waals surface area contributed by atoms with Crippen LogP contribution in [0.15, 0.2) is 76.5 Å². The topological polar surface area (TPSA) is 40.5 Å². The lowest BCUT2D eigenvalue weighted by atomic mass is 10.1. The molecule has 0 saturated carbocycles. The Kier molecular flexibility index (Phi) is 7.91. The van der Waals surface area contributed by atoms with Crippen molar-refractivity contribution in [2.45, 2.75) is 36.2 Å². The van der Waals surface area contributed by atoms with Gasteiger partial charge in [0.25, 0.3) is 0 Å². The van der Waals surface area contributed by atoms with Gasteiger partial charge in [-0.2, -0.15) is 0 Å². The van der Waals surface area contributed by atoms with E-state index < -0.39 is 5.97 Å². The monoisotopic (exact) mass is 443 g/mol. The number of benzene rings is 3. The largest absolute Gasteiger partial charge is 0.481 e. The van der Waals surface area contributed by atoms with E-state index in [4.69, 9.17) is 16.7 Å². The van der Waals surface area contributed by atoms with Crippen molar-refractivity contribution in [3.63, 3.8) is 0 Å². The summed E-state index contributed by atoms with van der Waals surface area (Å²) in [4.78, 5) is 15.3. The van der Waals surface area contributed by atoms with E-state index in [0.29, 0.717) is 29.2 Å². The molecule has 0 bridgehead atoms. The molecule has 0 atom stereocenters. The van der Waals surface area contributed by atoms with E-state index in [9.17, 15) is 9.18 Å². The van der Waals surface area contributed by atoms with E-state index in [1.165, 1.54) is 0 Å². The second kappa shape index (κ2) is 10.6. The average Bonchev–Trinajstić information content (AvgIpc) is 2.74. The molecule has 0 spiro atoms. The highest BCUT2D eigenvalue weighted by atomic mass is 35.5. The maximum Gasteiger partial charge on any atom is 0.304 e. The molecule has 0 unspecified atom stereocenters. The van der Waals surface area contributed by atoms with E-state index >= 15 is 0 Å². The number of hydrogen-bond acceptors (Lipinski definition) is 3. The number of rotatable bonds is 9. The third-order valence-electron chi connectivity index (χ3n) is 4.71. The summed E-state index contributed by atoms with van der Waals surface area (Å²) >= 11 is 7.90. The minimum atomic E-state index is -0.884. The van der Waals surface area contributed by atoms with E-state index in [0.717, 1.165) is 15.4 Å². The van der Waals surface area contributed by atoms with Gasteiger partial charge in [-0.05, 0) is 48.4 Å². The molecule has 6 heteroatoms. The maximum atomic E-state index is 14.6. The third-order valence-corrected chi connectivity index (χ3v) is 6.08. The van der Waals surface area contributed by atoms with Gasteiger partial charge < -0.3 is 5.11 Å². The maximum absolute atomic E-state index is 14.6. The number of carboxylic acids is 1. The van der Waals surface area contributed by atoms with Crippen LogP contribution in [0.5, 0.6) is 0 Å². The first-order chi connectivity index (χ1) is 14.4. The van der Waals surface area contributed by atoms with Crippen LogP contribution in [0.4, 0.5) is 4.39 Å². The van der Waals surface area contributed by atoms with Gasteiger partial charge in [0, 0.05) is 40.0 Å². The van der Waals surface area contributed by atoms with Gasteiger partial charge in [0.2, 0.25) is 0 Å². The molecule has 3 nitrogen and oxygen atoms in total. The van der Waals surface area contributed by atoms with Crippen LogP contribution in [0.3, 0.4) is 0 Å². The van der Waals surface area contributed by atoms with Crippen molar-refractivity contribution in [2.75, 3.05) is 6.54 Å². The van der Waals surface area contributed by atoms with Crippen molar-refractivity contribution in [1.82, 2.24) is 4.90 Å². The summed E-state index contributed by atoms with van der Waals surface area (Å²) in [5.41, 5.74) is 1.95. The van der Waals surface area contributed by atoms with Crippen LogP contribution in [0.1, 0.15) is 23.1 Å². The number of aliphatic carboxylic acids is 1. The summed E-state index contributed by atoms with van der Waals surface area (Å²) in [5, 5.41) is 9.45. The van der Waals surface area contributed by atoms with Crippen molar-refractivity contribution >= 4 is 29.3 Å². The van der Waals surface area contributed by atoms with Gasteiger partial charge in [0.1, 0.15) is 5.82 Å². The summed E-state index contributed by atoms with van der Waals surface area (Å²) in [7, 11) is 0. The summed E-state index contributed by atoms with van der Waals surface area (Å²) in [6.07, 6.45) is -0.0208. The fourth-order valence-corrected chi connectivity index (χ4v) is 4.14. The van der Waals surface area contributed by atoms with Crippen LogP contribution in [0.25, 0.3) is 0 Å². The lowest BCUT2D eigenvalue weighted by Gasteiger charge is -2.23. The first kappa shape index (κ1) is 22.3. The first-order valence-corrected chi connectivity index (χ1v) is 10.8. The molecule has 0 aromatic heterocycles. The van der Waals surface area contributed by atoms with Crippen LogP contribution < -0.4 is 0 Å². The molecule has 0 saturated heterocycles. The number of halogens is 2. The molecular weight excluding hydrogens is 421 g/mol. The lowest BCUT2D eigenvalue weighted by Crippen LogP contribution is -2.26. The minimum absolute atomic E-state index is 0.0208. The van der Waals surface area contributed by atoms with E-state index in [2.05, 4.69) is 12.1 Å². The Morgan fingerprint density at radius 1 is 1.00 bits per heavy atom. The summed E-state index contributed by atoms with van der Waals surface area (Å²) in [6.45, 7) is 2.76. The summed E-state index contributed by atoms with van der Waals surface area (Å²) in [6, 6.07) is 21.6. The molecule has 3 rings (SSSR count). The third kappa shape index (κ3) is 6.33. The fraction of sp³-hybridized carbons (Fsp3) is 0.208. The molecule has 3 aromatic rings. The highest BCUT2D eigenvalue weighted by Gasteiger charge is 2.16. The van der Waals surface area contributed by atoms with Crippen molar-refractivity contribution in [1.29, 1.82) is 0 Å². The number of carboxylic acid groups (broad SMARTS) is 1. The Hall–Kier alpha value is -2.34. The van der Waals surface area contributed by atoms with Crippen LogP contribution >= 0.6 is 23.4 Å². The zero-order valence-corrected chi connectivity index (χ0v) is 18.2. The zero-order valence-electron chi connectivity index (χ0n) is 16.6. The minimum Gasteiger partial charge on any atom is -0.481 e. The zero-order chi connectivity index (χ0) is 21.5. The SMILES string of the molecule is Cc1ccc(Cl)c(CN(CCC(=O)O)Cc2ccc(Sc3ccccc3)cc2)c1F. The number of hydrogen-bond donors (Lipinski definition) is 1. The Morgan fingerprint density at radius 3 is 2.33 bits per heavy atom. The van der Waals surface area contributed by atoms with E-state index in [1.807, 2.05) is 47.4 Å². The fourth-order valence-electron chi connectivity index (χ4n) is 3.10. The number of carbonyl (C=O) groups is 1. The molecule has 3 aromatic carbocycles. The molecule has 156 valence electrons. The first-order valence-electron chi connectivity index (χ1n) is 9.62. The molecule has 1 N–H and O–H groups in total. The van der Waals surface area contributed by atoms with Crippen molar-refractivity contribution in [3.8, 4) is 0 Å². The van der Waals surface area contributed by atoms with Gasteiger partial charge in [-0.15, -0.1) is 0 Å². The normalized spacial score (nSPS) is 11.1. The van der Waals surface area contributed by atoms with Crippen LogP contribution in [0, 0.1) is 12.7 Å². The molecule has 0 aliphatic rings. The Balaban J connectivity index is 1.73. The predicted molar refractivity (Wildman–Crippen MR) is 120 cm³/mol. The molecule has 0 radical (unpaired) electrons. The number of aryl methyl sites for hydroxylation is 1. The molecule has 0 aliphatic heterocycles. The Labute approximate surface area is 185 Å². The second-order valence-corrected chi connectivity index (χ2v) is 8.62. The van der Waals surface area contributed by atoms with Gasteiger partial charge in [0.15, 0.2) is 0 Å². The highest BCUT2D eigenvalue weighted by molar-refractivity contribution is 7.99. The highest BCUT2D eigenvalue weighted by Crippen LogP contribution is 2.28. The quantitative estimate of drug-likeness (QED) is 0.414. The lowest BCUT2D eigenvalue weighted by molar-refractivity contribution is -0.137. The van der Waals surface area contributed by atoms with Crippen molar-refractivity contribution < 1.29 is 14.3 Å². The average molecular weight is 444 g/mol. The van der Waals surface area contributed by atoms with Gasteiger partial charge in [0.05, 0.1) is 6.42 Å². The van der Waals surface area contributed by atoms with Gasteiger partial charge in [-0.1, -0.05) is 59.8 Å². The smallest absolute Gasteiger partial charge is 0.304 e. The Bertz CT molecular complexity index is 996. The molecule has 0 amide bonds. The number of nitrogens with zero attached hydrogens (tertiary/aromatic N) is 1. The van der Waals surface area contributed by atoms with Gasteiger partial charge >= 0.3 is 5.97 Å². The Morgan fingerprint density at radius 2 is 1.67 bits per heavy atom. The van der Waals surface area contributed by atoms with Gasteiger partial charge in [-0.3, -0.25) is 9.69 Å². The molecule has 0 aliphatic carbocycles. The van der Waals surface area contributed by atoms with Crippen molar-refractivity contribution in [3.05, 3.63) is 94.3 Å². The van der Waals surface area contributed by atoms with Crippen LogP contribution in [0.2, 0.25) is 5.02 Å². The standard InChI is InChI=1S/C24H23ClFNO2S/c1-17-7-12-22(25)21(24(17)26)16-27(14-13-23(28)29)15-18-8-10-20(11-9-18)30-19-5-3-2-4-6-19/h2-12H,13-16H2,1H3,(H,28,29). The summed E-state index contributed by atoms with van der Waals surface area (Å²) in [5.74, 6) is -1.22. The molecule has 0 fully saturated rings.